The van der Waals surface area contributed by atoms with Crippen molar-refractivity contribution in [2.45, 2.75) is 45.1 Å². The summed E-state index contributed by atoms with van der Waals surface area (Å²) in [5, 5.41) is 9.04. The van der Waals surface area contributed by atoms with Gasteiger partial charge in [-0.25, -0.2) is 0 Å². The first-order chi connectivity index (χ1) is 12.7. The molecule has 2 aliphatic heterocycles. The number of likely N-dealkylation sites (tertiary alicyclic amines) is 2. The molecule has 2 unspecified atom stereocenters. The van der Waals surface area contributed by atoms with Crippen LogP contribution in [0.3, 0.4) is 0 Å². The third-order valence-electron chi connectivity index (χ3n) is 6.69. The minimum Gasteiger partial charge on any atom is -0.342 e. The SMILES string of the molecule is N#Cc1cccc(CN2CCC(C(=O)N3CC4CCCCC4C3)CC2)c1. The summed E-state index contributed by atoms with van der Waals surface area (Å²) in [6, 6.07) is 10.1. The molecule has 0 aromatic heterocycles. The summed E-state index contributed by atoms with van der Waals surface area (Å²) in [7, 11) is 0. The summed E-state index contributed by atoms with van der Waals surface area (Å²) in [6.07, 6.45) is 7.32. The maximum Gasteiger partial charge on any atom is 0.225 e. The highest BCUT2D eigenvalue weighted by atomic mass is 16.2. The molecule has 2 saturated heterocycles. The van der Waals surface area contributed by atoms with Gasteiger partial charge >= 0.3 is 0 Å². The van der Waals surface area contributed by atoms with Gasteiger partial charge in [-0.1, -0.05) is 25.0 Å². The molecular formula is C22H29N3O. The second-order valence-corrected chi connectivity index (χ2v) is 8.41. The Morgan fingerprint density at radius 1 is 1.08 bits per heavy atom. The smallest absolute Gasteiger partial charge is 0.225 e. The standard InChI is InChI=1S/C22H29N3O/c23-13-17-4-3-5-18(12-17)14-24-10-8-19(9-11-24)22(26)25-15-20-6-1-2-7-21(20)16-25/h3-5,12,19-21H,1-2,6-11,14-16H2. The van der Waals surface area contributed by atoms with E-state index in [4.69, 9.17) is 5.26 Å². The van der Waals surface area contributed by atoms with Crippen LogP contribution in [-0.4, -0.2) is 41.9 Å². The van der Waals surface area contributed by atoms with Crippen LogP contribution in [0, 0.1) is 29.1 Å². The molecule has 2 heterocycles. The molecule has 4 heteroatoms. The average molecular weight is 351 g/mol. The first-order valence-corrected chi connectivity index (χ1v) is 10.2. The lowest BCUT2D eigenvalue weighted by Crippen LogP contribution is -2.41. The van der Waals surface area contributed by atoms with Gasteiger partial charge in [0.15, 0.2) is 0 Å². The average Bonchev–Trinajstić information content (AvgIpc) is 3.12. The monoisotopic (exact) mass is 351 g/mol. The molecule has 3 aliphatic rings. The molecule has 1 aromatic carbocycles. The van der Waals surface area contributed by atoms with E-state index in [9.17, 15) is 4.79 Å². The molecule has 1 aliphatic carbocycles. The fourth-order valence-electron chi connectivity index (χ4n) is 5.18. The maximum absolute atomic E-state index is 13.0. The van der Waals surface area contributed by atoms with Crippen LogP contribution in [0.5, 0.6) is 0 Å². The Labute approximate surface area is 156 Å². The zero-order valence-electron chi connectivity index (χ0n) is 15.6. The summed E-state index contributed by atoms with van der Waals surface area (Å²) in [5.74, 6) is 2.20. The summed E-state index contributed by atoms with van der Waals surface area (Å²) >= 11 is 0. The lowest BCUT2D eigenvalue weighted by Gasteiger charge is -2.33. The molecule has 4 nitrogen and oxygen atoms in total. The normalized spacial score (nSPS) is 27.1. The van der Waals surface area contributed by atoms with Gasteiger partial charge in [-0.2, -0.15) is 5.26 Å². The van der Waals surface area contributed by atoms with Crippen molar-refractivity contribution < 1.29 is 4.79 Å². The van der Waals surface area contributed by atoms with Crippen molar-refractivity contribution in [3.05, 3.63) is 35.4 Å². The number of nitrogens with zero attached hydrogens (tertiary/aromatic N) is 3. The predicted octanol–water partition coefficient (Wildman–Crippen LogP) is 3.42. The first kappa shape index (κ1) is 17.5. The topological polar surface area (TPSA) is 47.3 Å². The van der Waals surface area contributed by atoms with Crippen LogP contribution in [0.4, 0.5) is 0 Å². The van der Waals surface area contributed by atoms with Crippen LogP contribution in [0.1, 0.15) is 49.7 Å². The van der Waals surface area contributed by atoms with Gasteiger partial charge in [-0.05, 0) is 68.3 Å². The van der Waals surface area contributed by atoms with Crippen molar-refractivity contribution in [1.29, 1.82) is 5.26 Å². The summed E-state index contributed by atoms with van der Waals surface area (Å²) in [6.45, 7) is 4.88. The summed E-state index contributed by atoms with van der Waals surface area (Å²) in [5.41, 5.74) is 1.92. The van der Waals surface area contributed by atoms with E-state index in [0.29, 0.717) is 5.91 Å². The Morgan fingerprint density at radius 2 is 1.77 bits per heavy atom. The summed E-state index contributed by atoms with van der Waals surface area (Å²) in [4.78, 5) is 17.6. The van der Waals surface area contributed by atoms with Crippen LogP contribution in [0.2, 0.25) is 0 Å². The Hall–Kier alpha value is -1.86. The Morgan fingerprint density at radius 3 is 2.42 bits per heavy atom. The zero-order valence-corrected chi connectivity index (χ0v) is 15.6. The van der Waals surface area contributed by atoms with E-state index in [1.165, 1.54) is 31.2 Å². The third-order valence-corrected chi connectivity index (χ3v) is 6.69. The number of hydrogen-bond donors (Lipinski definition) is 0. The molecule has 1 aromatic rings. The fourth-order valence-corrected chi connectivity index (χ4v) is 5.18. The van der Waals surface area contributed by atoms with Crippen molar-refractivity contribution >= 4 is 5.91 Å². The van der Waals surface area contributed by atoms with Gasteiger partial charge in [0.05, 0.1) is 11.6 Å². The molecule has 0 radical (unpaired) electrons. The number of hydrogen-bond acceptors (Lipinski definition) is 3. The Bertz CT molecular complexity index is 673. The molecule has 138 valence electrons. The molecule has 3 fully saturated rings. The minimum atomic E-state index is 0.219. The Balaban J connectivity index is 1.28. The van der Waals surface area contributed by atoms with Gasteiger partial charge in [-0.15, -0.1) is 0 Å². The molecule has 0 spiro atoms. The molecule has 0 N–H and O–H groups in total. The van der Waals surface area contributed by atoms with Gasteiger partial charge in [0.25, 0.3) is 0 Å². The van der Waals surface area contributed by atoms with E-state index in [-0.39, 0.29) is 5.92 Å². The van der Waals surface area contributed by atoms with E-state index >= 15 is 0 Å². The molecule has 1 amide bonds. The highest BCUT2D eigenvalue weighted by Crippen LogP contribution is 2.37. The minimum absolute atomic E-state index is 0.219. The van der Waals surface area contributed by atoms with Crippen LogP contribution in [-0.2, 0) is 11.3 Å². The van der Waals surface area contributed by atoms with Crippen molar-refractivity contribution in [1.82, 2.24) is 9.80 Å². The highest BCUT2D eigenvalue weighted by molar-refractivity contribution is 5.79. The Kier molecular flexibility index (Phi) is 5.26. The van der Waals surface area contributed by atoms with E-state index in [2.05, 4.69) is 21.9 Å². The number of fused-ring (bicyclic) bond motifs is 1. The number of benzene rings is 1. The molecule has 0 bridgehead atoms. The third kappa shape index (κ3) is 3.78. The first-order valence-electron chi connectivity index (χ1n) is 10.2. The largest absolute Gasteiger partial charge is 0.342 e. The van der Waals surface area contributed by atoms with Crippen LogP contribution in [0.15, 0.2) is 24.3 Å². The van der Waals surface area contributed by atoms with E-state index in [0.717, 1.165) is 63.0 Å². The summed E-state index contributed by atoms with van der Waals surface area (Å²) < 4.78 is 0. The van der Waals surface area contributed by atoms with E-state index in [1.54, 1.807) is 0 Å². The molecule has 26 heavy (non-hydrogen) atoms. The van der Waals surface area contributed by atoms with Crippen LogP contribution in [0.25, 0.3) is 0 Å². The molecule has 2 atom stereocenters. The van der Waals surface area contributed by atoms with Gasteiger partial charge in [0, 0.05) is 25.6 Å². The van der Waals surface area contributed by atoms with Gasteiger partial charge < -0.3 is 4.90 Å². The fraction of sp³-hybridized carbons (Fsp3) is 0.636. The quantitative estimate of drug-likeness (QED) is 0.838. The van der Waals surface area contributed by atoms with Crippen molar-refractivity contribution in [2.75, 3.05) is 26.2 Å². The highest BCUT2D eigenvalue weighted by Gasteiger charge is 2.38. The second-order valence-electron chi connectivity index (χ2n) is 8.41. The maximum atomic E-state index is 13.0. The van der Waals surface area contributed by atoms with Crippen molar-refractivity contribution in [3.8, 4) is 6.07 Å². The number of nitriles is 1. The predicted molar refractivity (Wildman–Crippen MR) is 101 cm³/mol. The number of piperidine rings is 1. The van der Waals surface area contributed by atoms with E-state index in [1.807, 2.05) is 18.2 Å². The number of carbonyl (C=O) groups is 1. The second kappa shape index (κ2) is 7.80. The number of amides is 1. The molecule has 4 rings (SSSR count). The van der Waals surface area contributed by atoms with Crippen LogP contribution >= 0.6 is 0 Å². The number of rotatable bonds is 3. The van der Waals surface area contributed by atoms with Crippen molar-refractivity contribution in [3.63, 3.8) is 0 Å². The van der Waals surface area contributed by atoms with Gasteiger partial charge in [0.1, 0.15) is 0 Å². The lowest BCUT2D eigenvalue weighted by molar-refractivity contribution is -0.136. The zero-order chi connectivity index (χ0) is 17.9. The molecular weight excluding hydrogens is 322 g/mol. The lowest BCUT2D eigenvalue weighted by atomic mass is 9.82. The van der Waals surface area contributed by atoms with Gasteiger partial charge in [-0.3, -0.25) is 9.69 Å². The van der Waals surface area contributed by atoms with E-state index < -0.39 is 0 Å². The molecule has 1 saturated carbocycles. The van der Waals surface area contributed by atoms with Crippen LogP contribution < -0.4 is 0 Å². The number of carbonyl (C=O) groups excluding carboxylic acids is 1. The van der Waals surface area contributed by atoms with Crippen molar-refractivity contribution in [2.24, 2.45) is 17.8 Å². The van der Waals surface area contributed by atoms with Gasteiger partial charge in [0.2, 0.25) is 5.91 Å².